The molecule has 3 aromatic rings. The highest BCUT2D eigenvalue weighted by Crippen LogP contribution is 2.26. The predicted molar refractivity (Wildman–Crippen MR) is 96.1 cm³/mol. The third-order valence-corrected chi connectivity index (χ3v) is 4.65. The molecule has 9 heteroatoms. The minimum atomic E-state index is -3.80. The number of hydrogen-bond donors (Lipinski definition) is 2. The van der Waals surface area contributed by atoms with Crippen molar-refractivity contribution in [3.05, 3.63) is 60.3 Å². The van der Waals surface area contributed by atoms with Crippen molar-refractivity contribution in [2.45, 2.75) is 4.90 Å². The maximum atomic E-state index is 11.9. The number of nitrogens with two attached hydrogens (primary N) is 2. The van der Waals surface area contributed by atoms with E-state index in [-0.39, 0.29) is 10.6 Å². The van der Waals surface area contributed by atoms with Gasteiger partial charge >= 0.3 is 5.97 Å². The molecule has 0 spiro atoms. The Morgan fingerprint density at radius 2 is 1.69 bits per heavy atom. The minimum absolute atomic E-state index is 0.0179. The molecule has 0 unspecified atom stereocenters. The lowest BCUT2D eigenvalue weighted by molar-refractivity contribution is 0.0593. The molecular weight excluding hydrogens is 356 g/mol. The van der Waals surface area contributed by atoms with Crippen molar-refractivity contribution in [1.29, 1.82) is 0 Å². The van der Waals surface area contributed by atoms with Crippen LogP contribution >= 0.6 is 0 Å². The lowest BCUT2D eigenvalue weighted by Crippen LogP contribution is -2.12. The number of primary sulfonamides is 1. The summed E-state index contributed by atoms with van der Waals surface area (Å²) in [5.74, 6) is -0.582. The molecule has 0 fully saturated rings. The number of nitrogen functional groups attached to an aromatic ring is 1. The van der Waals surface area contributed by atoms with E-state index in [0.29, 0.717) is 17.1 Å². The van der Waals surface area contributed by atoms with Crippen LogP contribution in [0.15, 0.2) is 59.5 Å². The Morgan fingerprint density at radius 1 is 1.08 bits per heavy atom. The minimum Gasteiger partial charge on any atom is -0.464 e. The molecule has 2 aromatic carbocycles. The van der Waals surface area contributed by atoms with Crippen molar-refractivity contribution in [3.8, 4) is 16.9 Å². The van der Waals surface area contributed by atoms with Gasteiger partial charge in [0.2, 0.25) is 10.0 Å². The van der Waals surface area contributed by atoms with Crippen molar-refractivity contribution in [2.24, 2.45) is 5.14 Å². The second-order valence-corrected chi connectivity index (χ2v) is 7.04. The van der Waals surface area contributed by atoms with E-state index in [1.54, 1.807) is 42.5 Å². The fourth-order valence-electron chi connectivity index (χ4n) is 2.42. The SMILES string of the molecule is COC(=O)c1cc(-c2ccc(N)cc2)n(-c2ccc(S(N)(=O)=O)cc2)n1. The van der Waals surface area contributed by atoms with Gasteiger partial charge in [-0.25, -0.2) is 23.0 Å². The zero-order chi connectivity index (χ0) is 18.9. The molecule has 134 valence electrons. The van der Waals surface area contributed by atoms with Gasteiger partial charge in [-0.3, -0.25) is 0 Å². The van der Waals surface area contributed by atoms with Crippen molar-refractivity contribution in [3.63, 3.8) is 0 Å². The largest absolute Gasteiger partial charge is 0.464 e. The molecule has 0 saturated carbocycles. The lowest BCUT2D eigenvalue weighted by atomic mass is 10.1. The van der Waals surface area contributed by atoms with Crippen LogP contribution in [0.4, 0.5) is 5.69 Å². The van der Waals surface area contributed by atoms with E-state index in [1.807, 2.05) is 0 Å². The Bertz CT molecular complexity index is 1060. The first kappa shape index (κ1) is 17.6. The number of rotatable bonds is 4. The maximum absolute atomic E-state index is 11.9. The summed E-state index contributed by atoms with van der Waals surface area (Å²) in [6, 6.07) is 14.5. The van der Waals surface area contributed by atoms with E-state index >= 15 is 0 Å². The number of benzene rings is 2. The van der Waals surface area contributed by atoms with Crippen LogP contribution in [0, 0.1) is 0 Å². The number of aromatic nitrogens is 2. The molecule has 0 saturated heterocycles. The maximum Gasteiger partial charge on any atom is 0.358 e. The molecule has 26 heavy (non-hydrogen) atoms. The van der Waals surface area contributed by atoms with Gasteiger partial charge < -0.3 is 10.5 Å². The van der Waals surface area contributed by atoms with E-state index in [9.17, 15) is 13.2 Å². The number of carbonyl (C=O) groups is 1. The van der Waals surface area contributed by atoms with E-state index in [0.717, 1.165) is 5.56 Å². The van der Waals surface area contributed by atoms with Crippen LogP contribution in [0.2, 0.25) is 0 Å². The molecule has 1 heterocycles. The predicted octanol–water partition coefficient (Wildman–Crippen LogP) is 1.56. The summed E-state index contributed by atoms with van der Waals surface area (Å²) in [5, 5.41) is 9.39. The first-order valence-corrected chi connectivity index (χ1v) is 9.02. The first-order valence-electron chi connectivity index (χ1n) is 7.47. The summed E-state index contributed by atoms with van der Waals surface area (Å²) in [5.41, 5.74) is 8.39. The zero-order valence-corrected chi connectivity index (χ0v) is 14.6. The summed E-state index contributed by atoms with van der Waals surface area (Å²) >= 11 is 0. The van der Waals surface area contributed by atoms with Gasteiger partial charge in [0.1, 0.15) is 0 Å². The van der Waals surface area contributed by atoms with Gasteiger partial charge in [-0.15, -0.1) is 0 Å². The summed E-state index contributed by atoms with van der Waals surface area (Å²) in [6.45, 7) is 0. The van der Waals surface area contributed by atoms with Crippen molar-refractivity contribution >= 4 is 21.7 Å². The third kappa shape index (κ3) is 3.44. The Morgan fingerprint density at radius 3 is 2.23 bits per heavy atom. The van der Waals surface area contributed by atoms with Gasteiger partial charge in [-0.05, 0) is 42.5 Å². The van der Waals surface area contributed by atoms with Crippen LogP contribution in [0.25, 0.3) is 16.9 Å². The van der Waals surface area contributed by atoms with Gasteiger partial charge in [0.25, 0.3) is 0 Å². The highest BCUT2D eigenvalue weighted by Gasteiger charge is 2.17. The van der Waals surface area contributed by atoms with Crippen LogP contribution in [0.3, 0.4) is 0 Å². The van der Waals surface area contributed by atoms with Crippen LogP contribution in [-0.4, -0.2) is 31.3 Å². The van der Waals surface area contributed by atoms with E-state index in [2.05, 4.69) is 5.10 Å². The van der Waals surface area contributed by atoms with Crippen molar-refractivity contribution in [2.75, 3.05) is 12.8 Å². The number of anilines is 1. The molecule has 0 bridgehead atoms. The topological polar surface area (TPSA) is 130 Å². The quantitative estimate of drug-likeness (QED) is 0.528. The van der Waals surface area contributed by atoms with Gasteiger partial charge in [0, 0.05) is 11.3 Å². The number of nitrogens with zero attached hydrogens (tertiary/aromatic N) is 2. The number of ether oxygens (including phenoxy) is 1. The van der Waals surface area contributed by atoms with Crippen molar-refractivity contribution in [1.82, 2.24) is 9.78 Å². The summed E-state index contributed by atoms with van der Waals surface area (Å²) in [6.07, 6.45) is 0. The highest BCUT2D eigenvalue weighted by atomic mass is 32.2. The van der Waals surface area contributed by atoms with Gasteiger partial charge in [-0.1, -0.05) is 12.1 Å². The Hall–Kier alpha value is -3.17. The average Bonchev–Trinajstić information content (AvgIpc) is 3.06. The Balaban J connectivity index is 2.14. The van der Waals surface area contributed by atoms with Crippen LogP contribution in [-0.2, 0) is 14.8 Å². The lowest BCUT2D eigenvalue weighted by Gasteiger charge is -2.08. The molecule has 1 aromatic heterocycles. The standard InChI is InChI=1S/C17H16N4O4S/c1-25-17(22)15-10-16(11-2-4-12(18)5-3-11)21(20-15)13-6-8-14(9-7-13)26(19,23)24/h2-10H,18H2,1H3,(H2,19,23,24). The number of methoxy groups -OCH3 is 1. The second kappa shape index (κ2) is 6.62. The number of sulfonamides is 1. The fourth-order valence-corrected chi connectivity index (χ4v) is 2.93. The third-order valence-electron chi connectivity index (χ3n) is 3.72. The summed E-state index contributed by atoms with van der Waals surface area (Å²) < 4.78 is 29.1. The van der Waals surface area contributed by atoms with E-state index < -0.39 is 16.0 Å². The number of carbonyl (C=O) groups excluding carboxylic acids is 1. The Labute approximate surface area is 150 Å². The molecule has 4 N–H and O–H groups in total. The molecule has 0 radical (unpaired) electrons. The molecule has 3 rings (SSSR count). The molecule has 0 atom stereocenters. The van der Waals surface area contributed by atoms with E-state index in [1.165, 1.54) is 23.9 Å². The molecule has 0 aliphatic heterocycles. The van der Waals surface area contributed by atoms with Gasteiger partial charge in [0.15, 0.2) is 5.69 Å². The second-order valence-electron chi connectivity index (χ2n) is 5.48. The van der Waals surface area contributed by atoms with Crippen LogP contribution in [0.5, 0.6) is 0 Å². The van der Waals surface area contributed by atoms with Crippen LogP contribution < -0.4 is 10.9 Å². The number of hydrogen-bond acceptors (Lipinski definition) is 6. The highest BCUT2D eigenvalue weighted by molar-refractivity contribution is 7.89. The zero-order valence-electron chi connectivity index (χ0n) is 13.8. The molecular formula is C17H16N4O4S. The first-order chi connectivity index (χ1) is 12.3. The van der Waals surface area contributed by atoms with Gasteiger partial charge in [0.05, 0.1) is 23.4 Å². The smallest absolute Gasteiger partial charge is 0.358 e. The number of esters is 1. The molecule has 8 nitrogen and oxygen atoms in total. The van der Waals surface area contributed by atoms with Crippen molar-refractivity contribution < 1.29 is 17.9 Å². The molecule has 0 aliphatic carbocycles. The van der Waals surface area contributed by atoms with E-state index in [4.69, 9.17) is 15.6 Å². The fraction of sp³-hybridized carbons (Fsp3) is 0.0588. The monoisotopic (exact) mass is 372 g/mol. The van der Waals surface area contributed by atoms with Crippen LogP contribution in [0.1, 0.15) is 10.5 Å². The summed E-state index contributed by atoms with van der Waals surface area (Å²) in [7, 11) is -2.53. The Kier molecular flexibility index (Phi) is 4.49. The van der Waals surface area contributed by atoms with Gasteiger partial charge in [-0.2, -0.15) is 5.10 Å². The molecule has 0 amide bonds. The molecule has 0 aliphatic rings. The normalized spacial score (nSPS) is 11.3. The summed E-state index contributed by atoms with van der Waals surface area (Å²) in [4.78, 5) is 11.8. The average molecular weight is 372 g/mol.